The first-order valence-corrected chi connectivity index (χ1v) is 10.2. The number of benzene rings is 1. The van der Waals surface area contributed by atoms with Gasteiger partial charge in [-0.05, 0) is 29.9 Å². The highest BCUT2D eigenvalue weighted by Crippen LogP contribution is 2.48. The third-order valence-corrected chi connectivity index (χ3v) is 6.07. The van der Waals surface area contributed by atoms with Gasteiger partial charge in [-0.25, -0.2) is 4.98 Å². The quantitative estimate of drug-likeness (QED) is 0.600. The third kappa shape index (κ3) is 4.85. The van der Waals surface area contributed by atoms with Crippen LogP contribution in [0.15, 0.2) is 35.4 Å². The van der Waals surface area contributed by atoms with Crippen LogP contribution in [0.2, 0.25) is 0 Å². The fraction of sp³-hybridized carbons (Fsp3) is 0.333. The molecule has 1 amide bonds. The molecule has 1 aromatic carbocycles. The molecule has 3 rings (SSSR count). The average molecular weight is 443 g/mol. The van der Waals surface area contributed by atoms with Gasteiger partial charge >= 0.3 is 0 Å². The molecule has 0 bridgehead atoms. The molecule has 1 aliphatic carbocycles. The van der Waals surface area contributed by atoms with Crippen molar-refractivity contribution in [1.82, 2.24) is 4.98 Å². The number of pyridine rings is 1. The Bertz CT molecular complexity index is 997. The van der Waals surface area contributed by atoms with E-state index in [1.54, 1.807) is 0 Å². The Morgan fingerprint density at radius 1 is 1.27 bits per heavy atom. The van der Waals surface area contributed by atoms with E-state index in [9.17, 15) is 15.3 Å². The van der Waals surface area contributed by atoms with Crippen molar-refractivity contribution in [2.75, 3.05) is 25.0 Å². The number of hydrogen-bond acceptors (Lipinski definition) is 7. The number of nitriles is 2. The van der Waals surface area contributed by atoms with E-state index in [2.05, 4.69) is 17.1 Å². The van der Waals surface area contributed by atoms with E-state index < -0.39 is 11.2 Å². The molecule has 0 saturated heterocycles. The summed E-state index contributed by atoms with van der Waals surface area (Å²) in [6, 6.07) is 13.6. The number of primary amides is 1. The molecule has 30 heavy (non-hydrogen) atoms. The monoisotopic (exact) mass is 442 g/mol. The Kier molecular flexibility index (Phi) is 8.08. The van der Waals surface area contributed by atoms with Crippen LogP contribution in [0, 0.1) is 22.7 Å². The Hall–Kier alpha value is -2.78. The highest BCUT2D eigenvalue weighted by Gasteiger charge is 2.34. The Morgan fingerprint density at radius 2 is 1.90 bits per heavy atom. The van der Waals surface area contributed by atoms with Crippen molar-refractivity contribution in [3.8, 4) is 12.1 Å². The topological polar surface area (TPSA) is 133 Å². The number of nitrogens with zero attached hydrogens (tertiary/aromatic N) is 4. The van der Waals surface area contributed by atoms with Crippen LogP contribution < -0.4 is 16.4 Å². The summed E-state index contributed by atoms with van der Waals surface area (Å²) >= 11 is 1.15. The first-order chi connectivity index (χ1) is 14.0. The molecule has 0 radical (unpaired) electrons. The lowest BCUT2D eigenvalue weighted by atomic mass is 10.00. The Morgan fingerprint density at radius 3 is 2.40 bits per heavy atom. The number of carbonyl (C=O) groups is 1. The fourth-order valence-electron chi connectivity index (χ4n) is 3.26. The number of carbonyl (C=O) groups excluding carboxylic acids is 1. The molecule has 4 N–H and O–H groups in total. The first kappa shape index (κ1) is 23.5. The molecule has 0 aliphatic heterocycles. The van der Waals surface area contributed by atoms with Gasteiger partial charge in [0, 0.05) is 20.1 Å². The van der Waals surface area contributed by atoms with Gasteiger partial charge in [-0.3, -0.25) is 4.79 Å². The Balaban J connectivity index is 0.00000320. The molecular weight excluding hydrogens is 420 g/mol. The Labute approximate surface area is 186 Å². The van der Waals surface area contributed by atoms with Crippen LogP contribution >= 0.6 is 24.2 Å². The predicted molar refractivity (Wildman–Crippen MR) is 119 cm³/mol. The second kappa shape index (κ2) is 10.3. The van der Waals surface area contributed by atoms with Crippen LogP contribution in [0.5, 0.6) is 0 Å². The normalized spacial score (nSPS) is 13.5. The van der Waals surface area contributed by atoms with Gasteiger partial charge in [-0.2, -0.15) is 10.5 Å². The highest BCUT2D eigenvalue weighted by molar-refractivity contribution is 8.00. The van der Waals surface area contributed by atoms with Crippen LogP contribution in [0.3, 0.4) is 0 Å². The molecule has 2 aromatic rings. The lowest BCUT2D eigenvalue weighted by Crippen LogP contribution is -2.27. The standard InChI is InChI=1S/C21H22N6OS.ClH/c1-27(10-9-22)20-15(11-23)17(13-7-8-13)16(12-24)21(26-20)29-18(19(25)28)14-5-3-2-4-6-14;/h2-6,13,18H,7-10,22H2,1H3,(H2,25,28);1H. The number of anilines is 1. The van der Waals surface area contributed by atoms with E-state index in [1.807, 2.05) is 42.3 Å². The summed E-state index contributed by atoms with van der Waals surface area (Å²) in [5.74, 6) is 0.133. The molecule has 1 aliphatic rings. The van der Waals surface area contributed by atoms with Crippen LogP contribution in [0.25, 0.3) is 0 Å². The van der Waals surface area contributed by atoms with Crippen LogP contribution in [-0.2, 0) is 4.79 Å². The minimum absolute atomic E-state index is 0. The summed E-state index contributed by atoms with van der Waals surface area (Å²) in [7, 11) is 1.82. The summed E-state index contributed by atoms with van der Waals surface area (Å²) in [4.78, 5) is 18.6. The largest absolute Gasteiger partial charge is 0.368 e. The second-order valence-corrected chi connectivity index (χ2v) is 8.02. The lowest BCUT2D eigenvalue weighted by molar-refractivity contribution is -0.117. The van der Waals surface area contributed by atoms with Crippen molar-refractivity contribution < 1.29 is 4.79 Å². The maximum atomic E-state index is 12.2. The minimum Gasteiger partial charge on any atom is -0.368 e. The number of thioether (sulfide) groups is 1. The van der Waals surface area contributed by atoms with Crippen molar-refractivity contribution >= 4 is 35.9 Å². The predicted octanol–water partition coefficient (Wildman–Crippen LogP) is 2.84. The highest BCUT2D eigenvalue weighted by atomic mass is 35.5. The van der Waals surface area contributed by atoms with Crippen molar-refractivity contribution in [1.29, 1.82) is 10.5 Å². The zero-order valence-corrected chi connectivity index (χ0v) is 18.2. The van der Waals surface area contributed by atoms with Gasteiger partial charge in [0.2, 0.25) is 5.91 Å². The molecule has 1 atom stereocenters. The number of aromatic nitrogens is 1. The van der Waals surface area contributed by atoms with Crippen molar-refractivity contribution in [3.05, 3.63) is 52.6 Å². The van der Waals surface area contributed by atoms with Gasteiger partial charge in [-0.15, -0.1) is 12.4 Å². The smallest absolute Gasteiger partial charge is 0.235 e. The van der Waals surface area contributed by atoms with Gasteiger partial charge in [0.1, 0.15) is 28.2 Å². The maximum absolute atomic E-state index is 12.2. The molecule has 9 heteroatoms. The van der Waals surface area contributed by atoms with Crippen LogP contribution in [-0.4, -0.2) is 31.0 Å². The summed E-state index contributed by atoms with van der Waals surface area (Å²) in [6.45, 7) is 0.915. The zero-order valence-electron chi connectivity index (χ0n) is 16.5. The number of halogens is 1. The molecule has 1 aromatic heterocycles. The minimum atomic E-state index is -0.691. The fourth-order valence-corrected chi connectivity index (χ4v) is 4.30. The number of likely N-dealkylation sites (N-methyl/N-ethyl adjacent to an activating group) is 1. The number of amides is 1. The first-order valence-electron chi connectivity index (χ1n) is 9.32. The number of nitrogens with two attached hydrogens (primary N) is 2. The molecule has 156 valence electrons. The van der Waals surface area contributed by atoms with Crippen LogP contribution in [0.1, 0.15) is 46.3 Å². The SMILES string of the molecule is CN(CCN)c1nc(SC(C(N)=O)c2ccccc2)c(C#N)c(C2CC2)c1C#N.Cl. The van der Waals surface area contributed by atoms with E-state index in [4.69, 9.17) is 11.5 Å². The van der Waals surface area contributed by atoms with E-state index in [-0.39, 0.29) is 18.3 Å². The van der Waals surface area contributed by atoms with Gasteiger partial charge in [0.15, 0.2) is 0 Å². The third-order valence-electron chi connectivity index (χ3n) is 4.81. The van der Waals surface area contributed by atoms with Gasteiger partial charge in [0.25, 0.3) is 0 Å². The van der Waals surface area contributed by atoms with E-state index >= 15 is 0 Å². The second-order valence-electron chi connectivity index (χ2n) is 6.92. The molecule has 1 unspecified atom stereocenters. The molecule has 7 nitrogen and oxygen atoms in total. The summed E-state index contributed by atoms with van der Waals surface area (Å²) in [5, 5.41) is 19.4. The summed E-state index contributed by atoms with van der Waals surface area (Å²) in [5.41, 5.74) is 13.6. The zero-order chi connectivity index (χ0) is 21.0. The van der Waals surface area contributed by atoms with Crippen molar-refractivity contribution in [2.45, 2.75) is 29.0 Å². The summed E-state index contributed by atoms with van der Waals surface area (Å²) in [6.07, 6.45) is 1.85. The molecular formula is C21H23ClN6OS. The molecule has 0 spiro atoms. The maximum Gasteiger partial charge on any atom is 0.235 e. The number of rotatable bonds is 8. The van der Waals surface area contributed by atoms with E-state index in [0.29, 0.717) is 35.1 Å². The molecule has 1 heterocycles. The van der Waals surface area contributed by atoms with Crippen molar-refractivity contribution in [3.63, 3.8) is 0 Å². The average Bonchev–Trinajstić information content (AvgIpc) is 3.56. The molecule has 1 fully saturated rings. The van der Waals surface area contributed by atoms with Gasteiger partial charge in [0.05, 0.1) is 11.1 Å². The van der Waals surface area contributed by atoms with Gasteiger partial charge < -0.3 is 16.4 Å². The lowest BCUT2D eigenvalue weighted by Gasteiger charge is -2.23. The molecule has 1 saturated carbocycles. The van der Waals surface area contributed by atoms with E-state index in [0.717, 1.165) is 35.7 Å². The summed E-state index contributed by atoms with van der Waals surface area (Å²) < 4.78 is 0. The van der Waals surface area contributed by atoms with E-state index in [1.165, 1.54) is 0 Å². The number of hydrogen-bond donors (Lipinski definition) is 2. The van der Waals surface area contributed by atoms with Gasteiger partial charge in [-0.1, -0.05) is 42.1 Å². The van der Waals surface area contributed by atoms with Crippen LogP contribution in [0.4, 0.5) is 5.82 Å². The van der Waals surface area contributed by atoms with Crippen molar-refractivity contribution in [2.24, 2.45) is 11.5 Å².